The van der Waals surface area contributed by atoms with Crippen molar-refractivity contribution in [3.05, 3.63) is 98.6 Å². The molecule has 3 N–H and O–H groups in total. The van der Waals surface area contributed by atoms with E-state index in [1.807, 2.05) is 37.2 Å². The molecule has 7 rings (SSSR count). The van der Waals surface area contributed by atoms with Crippen LogP contribution in [0.5, 0.6) is 11.5 Å². The largest absolute Gasteiger partial charge is 0.456 e. The van der Waals surface area contributed by atoms with Gasteiger partial charge in [-0.3, -0.25) is 28.0 Å². The van der Waals surface area contributed by atoms with E-state index in [0.29, 0.717) is 27.2 Å². The second-order valence-electron chi connectivity index (χ2n) is 17.2. The number of fused-ring (bicyclic) bond motifs is 4. The van der Waals surface area contributed by atoms with Gasteiger partial charge in [-0.25, -0.2) is 9.37 Å². The molecule has 0 radical (unpaired) electrons. The lowest BCUT2D eigenvalue weighted by Crippen LogP contribution is -2.47. The quantitative estimate of drug-likeness (QED) is 0.110. The maximum absolute atomic E-state index is 14.6. The van der Waals surface area contributed by atoms with Crippen molar-refractivity contribution in [3.8, 4) is 11.5 Å². The number of hydrogen-bond donors (Lipinski definition) is 3. The van der Waals surface area contributed by atoms with Gasteiger partial charge in [0.1, 0.15) is 30.1 Å². The molecule has 4 aliphatic rings. The summed E-state index contributed by atoms with van der Waals surface area (Å²) in [5.74, 6) is -5.59. The number of nitrogens with zero attached hydrogens (tertiary/aromatic N) is 4. The zero-order valence-electron chi connectivity index (χ0n) is 35.7. The number of imide groups is 1. The number of hydroxylamine groups is 2. The highest BCUT2D eigenvalue weighted by molar-refractivity contribution is 7.86. The lowest BCUT2D eigenvalue weighted by atomic mass is 9.83. The molecular weight excluding hydrogens is 897 g/mol. The molecule has 0 unspecified atom stereocenters. The van der Waals surface area contributed by atoms with E-state index in [1.54, 1.807) is 50.5 Å². The van der Waals surface area contributed by atoms with Gasteiger partial charge in [-0.1, -0.05) is 12.1 Å². The van der Waals surface area contributed by atoms with Crippen LogP contribution >= 0.6 is 0 Å². The Hall–Kier alpha value is -5.78. The topological polar surface area (TPSA) is 263 Å². The van der Waals surface area contributed by atoms with Crippen LogP contribution in [0.3, 0.4) is 0 Å². The Balaban J connectivity index is 1.58. The van der Waals surface area contributed by atoms with E-state index in [-0.39, 0.29) is 68.5 Å². The minimum Gasteiger partial charge on any atom is -0.456 e. The minimum atomic E-state index is -4.59. The van der Waals surface area contributed by atoms with Crippen molar-refractivity contribution < 1.29 is 67.7 Å². The molecule has 1 saturated heterocycles. The second-order valence-corrected chi connectivity index (χ2v) is 21.6. The summed E-state index contributed by atoms with van der Waals surface area (Å²) in [7, 11) is -8.94. The van der Waals surface area contributed by atoms with Crippen molar-refractivity contribution in [1.82, 2.24) is 14.5 Å². The van der Waals surface area contributed by atoms with Crippen molar-refractivity contribution in [3.63, 3.8) is 0 Å². The fourth-order valence-electron chi connectivity index (χ4n) is 8.19. The average molecular weight is 942 g/mol. The first-order valence-corrected chi connectivity index (χ1v) is 24.4. The molecule has 22 heteroatoms. The van der Waals surface area contributed by atoms with Crippen LogP contribution in [-0.4, -0.2) is 129 Å². The predicted octanol–water partition coefficient (Wildman–Crippen LogP) is 1.90. The van der Waals surface area contributed by atoms with Crippen LogP contribution in [0.15, 0.2) is 54.6 Å². The van der Waals surface area contributed by atoms with Crippen LogP contribution in [0.25, 0.3) is 16.7 Å². The number of carbonyl (C=O) groups excluding carboxylic acids is 4. The van der Waals surface area contributed by atoms with Crippen molar-refractivity contribution in [2.45, 2.75) is 51.6 Å². The first kappa shape index (κ1) is 46.2. The first-order chi connectivity index (χ1) is 29.4. The van der Waals surface area contributed by atoms with Gasteiger partial charge in [-0.2, -0.15) is 25.3 Å². The van der Waals surface area contributed by atoms with Crippen LogP contribution in [0.1, 0.15) is 83.5 Å². The van der Waals surface area contributed by atoms with E-state index < -0.39 is 88.9 Å². The molecule has 4 aliphatic heterocycles. The van der Waals surface area contributed by atoms with E-state index in [2.05, 4.69) is 0 Å². The monoisotopic (exact) mass is 941 g/mol. The SMILES string of the molecule is CN(CCS(=O)(=O)O)C(=O)c1cc(C(=O)ON2C(=O)CCC2=O)ccc1C1=c2cc3c(cc2Oc2cc4c(cc21)C(CS(=O)(=O)O)=CC(C)(C)N4C)=[N+](C)C(C)(C)C=C3CS(=O)(=O)O. The van der Waals surface area contributed by atoms with E-state index in [1.165, 1.54) is 19.2 Å². The van der Waals surface area contributed by atoms with Crippen molar-refractivity contribution in [1.29, 1.82) is 0 Å². The number of hydrogen-bond acceptors (Lipinski definition) is 13. The van der Waals surface area contributed by atoms with Gasteiger partial charge >= 0.3 is 5.97 Å². The highest BCUT2D eigenvalue weighted by Gasteiger charge is 2.39. The maximum Gasteiger partial charge on any atom is 0.363 e. The molecule has 0 saturated carbocycles. The Morgan fingerprint density at radius 3 is 2.00 bits per heavy atom. The Morgan fingerprint density at radius 2 is 1.41 bits per heavy atom. The Labute approximate surface area is 368 Å². The van der Waals surface area contributed by atoms with E-state index in [0.717, 1.165) is 11.0 Å². The van der Waals surface area contributed by atoms with Gasteiger partial charge in [0.2, 0.25) is 5.36 Å². The number of likely N-dealkylation sites (N-methyl/N-ethyl adjacent to an activating group) is 2. The highest BCUT2D eigenvalue weighted by atomic mass is 32.2. The second kappa shape index (κ2) is 15.7. The van der Waals surface area contributed by atoms with Crippen molar-refractivity contribution >= 4 is 76.5 Å². The summed E-state index contributed by atoms with van der Waals surface area (Å²) in [5.41, 5.74) is 0.110. The summed E-state index contributed by atoms with van der Waals surface area (Å²) in [6.07, 6.45) is 2.98. The third-order valence-electron chi connectivity index (χ3n) is 11.8. The van der Waals surface area contributed by atoms with Gasteiger partial charge in [0.15, 0.2) is 5.54 Å². The van der Waals surface area contributed by atoms with Crippen LogP contribution in [0.4, 0.5) is 5.69 Å². The standard InChI is InChI=1S/C42H44N4O15S3/c1-41(2)19-24(21-63(54,55)56)27-15-30-34(17-32(27)44(41)6)60-35-18-33-28(25(22-64(57,58)59)20-42(3,4)45(33)7)16-31(35)38(30)26-9-8-23(40(50)61-46-36(47)10-11-37(46)48)14-29(26)39(49)43(5)12-13-62(51,52)53/h8-9,14-20H,10-13,21-22H2,1-7H3,(H2-,51,52,53,54,55,56,57,58,59)/p+1. The molecule has 0 atom stereocenters. The van der Waals surface area contributed by atoms with Crippen molar-refractivity contribution in [2.75, 3.05) is 49.8 Å². The summed E-state index contributed by atoms with van der Waals surface area (Å²) >= 11 is 0. The molecule has 3 amide bonds. The van der Waals surface area contributed by atoms with Gasteiger partial charge in [-0.05, 0) is 60.9 Å². The van der Waals surface area contributed by atoms with Gasteiger partial charge in [-0.15, -0.1) is 5.06 Å². The number of anilines is 1. The average Bonchev–Trinajstić information content (AvgIpc) is 3.49. The molecule has 340 valence electrons. The highest BCUT2D eigenvalue weighted by Crippen LogP contribution is 2.47. The molecular formula is C42H45N4O15S3+. The Morgan fingerprint density at radius 1 is 0.797 bits per heavy atom. The number of benzene rings is 3. The molecule has 3 aromatic rings. The summed E-state index contributed by atoms with van der Waals surface area (Å²) in [6.45, 7) is 6.84. The summed E-state index contributed by atoms with van der Waals surface area (Å²) in [4.78, 5) is 60.9. The minimum absolute atomic E-state index is 0.0777. The Kier molecular flexibility index (Phi) is 11.4. The molecule has 0 aromatic heterocycles. The molecule has 19 nitrogen and oxygen atoms in total. The normalized spacial score (nSPS) is 17.7. The van der Waals surface area contributed by atoms with Gasteiger partial charge in [0.25, 0.3) is 48.1 Å². The third-order valence-corrected chi connectivity index (χ3v) is 13.8. The first-order valence-electron chi connectivity index (χ1n) is 19.6. The van der Waals surface area contributed by atoms with Crippen LogP contribution in [0, 0.1) is 0 Å². The number of carbonyl (C=O) groups is 4. The van der Waals surface area contributed by atoms with Crippen LogP contribution < -0.4 is 24.8 Å². The fraction of sp³-hybridized carbons (Fsp3) is 0.357. The van der Waals surface area contributed by atoms with E-state index in [4.69, 9.17) is 9.57 Å². The lowest BCUT2D eigenvalue weighted by Gasteiger charge is -2.41. The van der Waals surface area contributed by atoms with Crippen LogP contribution in [-0.2, 0) is 44.8 Å². The van der Waals surface area contributed by atoms with Gasteiger partial charge < -0.3 is 19.4 Å². The van der Waals surface area contributed by atoms with Gasteiger partial charge in [0, 0.05) is 86.6 Å². The van der Waals surface area contributed by atoms with E-state index >= 15 is 0 Å². The Bertz CT molecular complexity index is 3160. The number of rotatable bonds is 11. The molecule has 1 fully saturated rings. The number of amides is 3. The van der Waals surface area contributed by atoms with E-state index in [9.17, 15) is 58.1 Å². The van der Waals surface area contributed by atoms with Crippen LogP contribution in [0.2, 0.25) is 0 Å². The molecule has 3 aromatic carbocycles. The fourth-order valence-corrected chi connectivity index (χ4v) is 9.96. The zero-order valence-corrected chi connectivity index (χ0v) is 38.1. The molecule has 4 heterocycles. The zero-order chi connectivity index (χ0) is 47.2. The summed E-state index contributed by atoms with van der Waals surface area (Å²) < 4.78 is 112. The predicted molar refractivity (Wildman–Crippen MR) is 233 cm³/mol. The number of ether oxygens (including phenoxy) is 1. The van der Waals surface area contributed by atoms with Crippen molar-refractivity contribution in [2.24, 2.45) is 0 Å². The smallest absolute Gasteiger partial charge is 0.363 e. The van der Waals surface area contributed by atoms with Gasteiger partial charge in [0.05, 0.1) is 28.5 Å². The summed E-state index contributed by atoms with van der Waals surface area (Å²) in [5, 5.41) is 1.09. The summed E-state index contributed by atoms with van der Waals surface area (Å²) in [6, 6.07) is 10.3. The molecule has 0 aliphatic carbocycles. The lowest BCUT2D eigenvalue weighted by molar-refractivity contribution is -0.172. The molecule has 0 spiro atoms. The maximum atomic E-state index is 14.6. The third kappa shape index (κ3) is 8.97. The molecule has 64 heavy (non-hydrogen) atoms. The molecule has 0 bridgehead atoms.